The Hall–Kier alpha value is -3.74. The van der Waals surface area contributed by atoms with Gasteiger partial charge in [-0.05, 0) is 36.0 Å². The Morgan fingerprint density at radius 2 is 1.63 bits per heavy atom. The van der Waals surface area contributed by atoms with Crippen molar-refractivity contribution in [2.24, 2.45) is 0 Å². The van der Waals surface area contributed by atoms with Gasteiger partial charge in [0.25, 0.3) is 5.91 Å². The zero-order valence-corrected chi connectivity index (χ0v) is 21.1. The number of amides is 1. The number of nitrogens with one attached hydrogen (secondary N) is 1. The van der Waals surface area contributed by atoms with E-state index in [2.05, 4.69) is 60.3 Å². The number of ether oxygens (including phenoxy) is 2. The molecule has 1 aromatic heterocycles. The second kappa shape index (κ2) is 11.6. The lowest BCUT2D eigenvalue weighted by atomic mass is 9.86. The third-order valence-electron chi connectivity index (χ3n) is 5.40. The average Bonchev–Trinajstić information content (AvgIpc) is 2.82. The number of nitrogens with zero attached hydrogens (tertiary/aromatic N) is 2. The largest absolute Gasteiger partial charge is 0.485 e. The molecule has 7 nitrogen and oxygen atoms in total. The summed E-state index contributed by atoms with van der Waals surface area (Å²) >= 11 is 0. The summed E-state index contributed by atoms with van der Waals surface area (Å²) in [5, 5.41) is 2.58. The maximum Gasteiger partial charge on any atom is 0.325 e. The number of carbonyl (C=O) groups is 2. The first kappa shape index (κ1) is 25.9. The van der Waals surface area contributed by atoms with Gasteiger partial charge in [0.15, 0.2) is 11.4 Å². The van der Waals surface area contributed by atoms with Gasteiger partial charge in [0.1, 0.15) is 19.0 Å². The van der Waals surface area contributed by atoms with Crippen molar-refractivity contribution in [1.29, 1.82) is 0 Å². The van der Waals surface area contributed by atoms with E-state index in [4.69, 9.17) is 9.47 Å². The molecule has 35 heavy (non-hydrogen) atoms. The van der Waals surface area contributed by atoms with Gasteiger partial charge in [0.05, 0.1) is 12.3 Å². The third kappa shape index (κ3) is 7.37. The van der Waals surface area contributed by atoms with Crippen molar-refractivity contribution in [3.63, 3.8) is 0 Å². The molecule has 1 amide bonds. The van der Waals surface area contributed by atoms with Gasteiger partial charge in [0.2, 0.25) is 0 Å². The minimum Gasteiger partial charge on any atom is -0.485 e. The van der Waals surface area contributed by atoms with Crippen LogP contribution in [0.25, 0.3) is 0 Å². The predicted molar refractivity (Wildman–Crippen MR) is 134 cm³/mol. The van der Waals surface area contributed by atoms with E-state index >= 15 is 0 Å². The summed E-state index contributed by atoms with van der Waals surface area (Å²) in [7, 11) is 0. The number of esters is 1. The first-order valence-electron chi connectivity index (χ1n) is 11.7. The van der Waals surface area contributed by atoms with Gasteiger partial charge in [0, 0.05) is 6.42 Å². The smallest absolute Gasteiger partial charge is 0.325 e. The minimum atomic E-state index is -0.518. The second-order valence-electron chi connectivity index (χ2n) is 9.29. The molecule has 0 fully saturated rings. The summed E-state index contributed by atoms with van der Waals surface area (Å²) in [6, 6.07) is 18.0. The van der Waals surface area contributed by atoms with Crippen LogP contribution in [0.3, 0.4) is 0 Å². The van der Waals surface area contributed by atoms with E-state index in [0.29, 0.717) is 23.7 Å². The van der Waals surface area contributed by atoms with Crippen LogP contribution in [-0.2, 0) is 28.0 Å². The SMILES string of the molecule is CCOC(=O)CNC(=O)c1nc(Cc2ccc(C(C)(C)C)cc2)nc(C)c1OCc1ccccc1. The molecule has 7 heteroatoms. The molecule has 0 spiro atoms. The highest BCUT2D eigenvalue weighted by atomic mass is 16.5. The molecule has 2 aromatic carbocycles. The normalized spacial score (nSPS) is 11.1. The van der Waals surface area contributed by atoms with Crippen LogP contribution >= 0.6 is 0 Å². The van der Waals surface area contributed by atoms with Crippen LogP contribution in [-0.4, -0.2) is 35.0 Å². The highest BCUT2D eigenvalue weighted by Gasteiger charge is 2.21. The van der Waals surface area contributed by atoms with Crippen molar-refractivity contribution in [3.05, 3.63) is 88.5 Å². The molecule has 0 radical (unpaired) electrons. The predicted octanol–water partition coefficient (Wildman–Crippen LogP) is 4.55. The van der Waals surface area contributed by atoms with Crippen molar-refractivity contribution in [2.45, 2.75) is 53.1 Å². The number of hydrogen-bond donors (Lipinski definition) is 1. The monoisotopic (exact) mass is 475 g/mol. The summed E-state index contributed by atoms with van der Waals surface area (Å²) in [5.41, 5.74) is 3.94. The fourth-order valence-electron chi connectivity index (χ4n) is 3.51. The third-order valence-corrected chi connectivity index (χ3v) is 5.40. The van der Waals surface area contributed by atoms with E-state index in [9.17, 15) is 9.59 Å². The first-order valence-corrected chi connectivity index (χ1v) is 11.7. The van der Waals surface area contributed by atoms with E-state index in [1.807, 2.05) is 30.3 Å². The zero-order chi connectivity index (χ0) is 25.4. The maximum atomic E-state index is 13.0. The van der Waals surface area contributed by atoms with Gasteiger partial charge in [-0.1, -0.05) is 75.4 Å². The van der Waals surface area contributed by atoms with Crippen LogP contribution in [0.15, 0.2) is 54.6 Å². The van der Waals surface area contributed by atoms with Gasteiger partial charge in [-0.2, -0.15) is 0 Å². The average molecular weight is 476 g/mol. The Kier molecular flexibility index (Phi) is 8.58. The zero-order valence-electron chi connectivity index (χ0n) is 21.1. The van der Waals surface area contributed by atoms with Gasteiger partial charge in [-0.3, -0.25) is 9.59 Å². The van der Waals surface area contributed by atoms with Crippen LogP contribution in [0.5, 0.6) is 5.75 Å². The standard InChI is InChI=1S/C28H33N3O4/c1-6-34-24(32)17-29-27(33)25-26(35-18-21-10-8-7-9-11-21)19(2)30-23(31-25)16-20-12-14-22(15-13-20)28(3,4)5/h7-15H,6,16-18H2,1-5H3,(H,29,33). The van der Waals surface area contributed by atoms with E-state index in [1.54, 1.807) is 13.8 Å². The molecule has 0 aliphatic rings. The number of carbonyl (C=O) groups excluding carboxylic acids is 2. The van der Waals surface area contributed by atoms with Crippen molar-refractivity contribution in [1.82, 2.24) is 15.3 Å². The highest BCUT2D eigenvalue weighted by molar-refractivity contribution is 5.96. The molecular weight excluding hydrogens is 442 g/mol. The molecule has 0 atom stereocenters. The number of benzene rings is 2. The summed E-state index contributed by atoms with van der Waals surface area (Å²) in [4.78, 5) is 33.9. The Morgan fingerprint density at radius 3 is 2.26 bits per heavy atom. The van der Waals surface area contributed by atoms with Crippen molar-refractivity contribution in [2.75, 3.05) is 13.2 Å². The maximum absolute atomic E-state index is 13.0. The van der Waals surface area contributed by atoms with Gasteiger partial charge in [-0.15, -0.1) is 0 Å². The lowest BCUT2D eigenvalue weighted by molar-refractivity contribution is -0.141. The summed E-state index contributed by atoms with van der Waals surface area (Å²) in [6.07, 6.45) is 0.461. The summed E-state index contributed by atoms with van der Waals surface area (Å²) in [6.45, 7) is 10.3. The summed E-state index contributed by atoms with van der Waals surface area (Å²) in [5.74, 6) is -0.241. The van der Waals surface area contributed by atoms with E-state index in [-0.39, 0.29) is 30.9 Å². The lowest BCUT2D eigenvalue weighted by Crippen LogP contribution is -2.32. The molecule has 3 aromatic rings. The number of hydrogen-bond acceptors (Lipinski definition) is 6. The first-order chi connectivity index (χ1) is 16.7. The second-order valence-corrected chi connectivity index (χ2v) is 9.29. The van der Waals surface area contributed by atoms with Crippen LogP contribution in [0, 0.1) is 6.92 Å². The lowest BCUT2D eigenvalue weighted by Gasteiger charge is -2.19. The van der Waals surface area contributed by atoms with Gasteiger partial charge >= 0.3 is 5.97 Å². The van der Waals surface area contributed by atoms with Crippen LogP contribution in [0.1, 0.15) is 66.4 Å². The molecule has 184 valence electrons. The number of aryl methyl sites for hydroxylation is 1. The Morgan fingerprint density at radius 1 is 0.943 bits per heavy atom. The molecule has 1 N–H and O–H groups in total. The fraction of sp³-hybridized carbons (Fsp3) is 0.357. The molecular formula is C28H33N3O4. The highest BCUT2D eigenvalue weighted by Crippen LogP contribution is 2.25. The molecule has 0 aliphatic carbocycles. The number of aromatic nitrogens is 2. The molecule has 0 aliphatic heterocycles. The Labute approximate surface area is 206 Å². The molecule has 0 saturated carbocycles. The molecule has 1 heterocycles. The Bertz CT molecular complexity index is 1150. The van der Waals surface area contributed by atoms with Gasteiger partial charge < -0.3 is 14.8 Å². The van der Waals surface area contributed by atoms with Crippen molar-refractivity contribution < 1.29 is 19.1 Å². The molecule has 0 saturated heterocycles. The molecule has 0 bridgehead atoms. The number of rotatable bonds is 9. The van der Waals surface area contributed by atoms with E-state index < -0.39 is 11.9 Å². The molecule has 0 unspecified atom stereocenters. The van der Waals surface area contributed by atoms with Gasteiger partial charge in [-0.25, -0.2) is 9.97 Å². The molecule has 3 rings (SSSR count). The van der Waals surface area contributed by atoms with E-state index in [0.717, 1.165) is 11.1 Å². The van der Waals surface area contributed by atoms with Crippen LogP contribution < -0.4 is 10.1 Å². The fourth-order valence-corrected chi connectivity index (χ4v) is 3.51. The Balaban J connectivity index is 1.86. The summed E-state index contributed by atoms with van der Waals surface area (Å²) < 4.78 is 10.9. The van der Waals surface area contributed by atoms with Crippen molar-refractivity contribution in [3.8, 4) is 5.75 Å². The van der Waals surface area contributed by atoms with Crippen molar-refractivity contribution >= 4 is 11.9 Å². The van der Waals surface area contributed by atoms with E-state index in [1.165, 1.54) is 5.56 Å². The van der Waals surface area contributed by atoms with Crippen LogP contribution in [0.2, 0.25) is 0 Å². The van der Waals surface area contributed by atoms with Crippen LogP contribution in [0.4, 0.5) is 0 Å². The quantitative estimate of drug-likeness (QED) is 0.457. The topological polar surface area (TPSA) is 90.4 Å². The minimum absolute atomic E-state index is 0.0630.